The summed E-state index contributed by atoms with van der Waals surface area (Å²) in [7, 11) is 3.56. The molecule has 0 bridgehead atoms. The summed E-state index contributed by atoms with van der Waals surface area (Å²) in [5, 5.41) is 7.69. The second-order valence-electron chi connectivity index (χ2n) is 7.82. The maximum absolute atomic E-state index is 5.98. The highest BCUT2D eigenvalue weighted by Crippen LogP contribution is 2.31. The minimum absolute atomic E-state index is 0. The summed E-state index contributed by atoms with van der Waals surface area (Å²) in [6.07, 6.45) is 3.86. The molecule has 1 aliphatic rings. The SMILES string of the molecule is CCNC(=NCc1ccc(Oc2ccccc2OC)cc1)N1CCOC(c2cnn(C)c2)C1.I. The number of guanidine groups is 1. The van der Waals surface area contributed by atoms with Crippen molar-refractivity contribution >= 4 is 29.9 Å². The molecular formula is C25H32IN5O3. The van der Waals surface area contributed by atoms with E-state index in [4.69, 9.17) is 19.2 Å². The summed E-state index contributed by atoms with van der Waals surface area (Å²) in [4.78, 5) is 7.13. The number of halogens is 1. The van der Waals surface area contributed by atoms with Gasteiger partial charge in [-0.15, -0.1) is 24.0 Å². The summed E-state index contributed by atoms with van der Waals surface area (Å²) >= 11 is 0. The van der Waals surface area contributed by atoms with Crippen LogP contribution >= 0.6 is 24.0 Å². The number of nitrogens with one attached hydrogen (secondary N) is 1. The third-order valence-electron chi connectivity index (χ3n) is 5.43. The van der Waals surface area contributed by atoms with Crippen LogP contribution in [0.4, 0.5) is 0 Å². The number of morpholine rings is 1. The Labute approximate surface area is 217 Å². The molecule has 2 aromatic carbocycles. The lowest BCUT2D eigenvalue weighted by Crippen LogP contribution is -2.48. The lowest BCUT2D eigenvalue weighted by molar-refractivity contribution is -0.00805. The molecule has 0 amide bonds. The third kappa shape index (κ3) is 6.63. The molecule has 2 heterocycles. The van der Waals surface area contributed by atoms with Crippen LogP contribution in [0, 0.1) is 0 Å². The molecule has 1 aliphatic heterocycles. The van der Waals surface area contributed by atoms with Gasteiger partial charge in [-0.1, -0.05) is 24.3 Å². The van der Waals surface area contributed by atoms with Gasteiger partial charge in [-0.05, 0) is 36.8 Å². The Morgan fingerprint density at radius 3 is 2.62 bits per heavy atom. The Morgan fingerprint density at radius 1 is 1.18 bits per heavy atom. The van der Waals surface area contributed by atoms with Crippen molar-refractivity contribution < 1.29 is 14.2 Å². The van der Waals surface area contributed by atoms with Gasteiger partial charge in [0.05, 0.1) is 33.0 Å². The second-order valence-corrected chi connectivity index (χ2v) is 7.82. The van der Waals surface area contributed by atoms with Crippen LogP contribution in [0.5, 0.6) is 17.2 Å². The third-order valence-corrected chi connectivity index (χ3v) is 5.43. The first-order valence-corrected chi connectivity index (χ1v) is 11.2. The van der Waals surface area contributed by atoms with Gasteiger partial charge in [0.25, 0.3) is 0 Å². The zero-order valence-electron chi connectivity index (χ0n) is 19.8. The van der Waals surface area contributed by atoms with Crippen molar-refractivity contribution in [1.82, 2.24) is 20.0 Å². The van der Waals surface area contributed by atoms with Gasteiger partial charge in [-0.2, -0.15) is 5.10 Å². The molecule has 4 rings (SSSR count). The summed E-state index contributed by atoms with van der Waals surface area (Å²) in [5.74, 6) is 3.04. The van der Waals surface area contributed by atoms with Gasteiger partial charge >= 0.3 is 0 Å². The van der Waals surface area contributed by atoms with Crippen LogP contribution in [0.2, 0.25) is 0 Å². The number of hydrogen-bond acceptors (Lipinski definition) is 5. The highest BCUT2D eigenvalue weighted by molar-refractivity contribution is 14.0. The predicted molar refractivity (Wildman–Crippen MR) is 143 cm³/mol. The summed E-state index contributed by atoms with van der Waals surface area (Å²) < 4.78 is 19.1. The number of ether oxygens (including phenoxy) is 3. The van der Waals surface area contributed by atoms with E-state index in [9.17, 15) is 0 Å². The van der Waals surface area contributed by atoms with E-state index in [-0.39, 0.29) is 30.1 Å². The van der Waals surface area contributed by atoms with E-state index in [1.165, 1.54) is 0 Å². The van der Waals surface area contributed by atoms with Crippen molar-refractivity contribution in [2.24, 2.45) is 12.0 Å². The highest BCUT2D eigenvalue weighted by Gasteiger charge is 2.25. The quantitative estimate of drug-likeness (QED) is 0.256. The van der Waals surface area contributed by atoms with E-state index in [1.54, 1.807) is 11.8 Å². The summed E-state index contributed by atoms with van der Waals surface area (Å²) in [6, 6.07) is 15.6. The average molecular weight is 577 g/mol. The van der Waals surface area contributed by atoms with Crippen LogP contribution in [-0.2, 0) is 18.3 Å². The molecule has 1 saturated heterocycles. The van der Waals surface area contributed by atoms with Gasteiger partial charge in [0, 0.05) is 31.9 Å². The molecule has 8 nitrogen and oxygen atoms in total. The van der Waals surface area contributed by atoms with Crippen molar-refractivity contribution in [3.05, 3.63) is 72.1 Å². The number of aromatic nitrogens is 2. The van der Waals surface area contributed by atoms with E-state index < -0.39 is 0 Å². The number of rotatable bonds is 7. The maximum Gasteiger partial charge on any atom is 0.194 e. The molecule has 34 heavy (non-hydrogen) atoms. The lowest BCUT2D eigenvalue weighted by Gasteiger charge is -2.34. The Bertz CT molecular complexity index is 1070. The monoisotopic (exact) mass is 577 g/mol. The van der Waals surface area contributed by atoms with Crippen LogP contribution < -0.4 is 14.8 Å². The van der Waals surface area contributed by atoms with E-state index in [0.717, 1.165) is 42.5 Å². The first kappa shape index (κ1) is 25.8. The van der Waals surface area contributed by atoms with Crippen LogP contribution in [0.1, 0.15) is 24.2 Å². The largest absolute Gasteiger partial charge is 0.493 e. The van der Waals surface area contributed by atoms with Crippen molar-refractivity contribution in [3.63, 3.8) is 0 Å². The molecule has 1 N–H and O–H groups in total. The minimum Gasteiger partial charge on any atom is -0.493 e. The van der Waals surface area contributed by atoms with E-state index in [0.29, 0.717) is 24.7 Å². The number of nitrogens with zero attached hydrogens (tertiary/aromatic N) is 4. The fraction of sp³-hybridized carbons (Fsp3) is 0.360. The zero-order chi connectivity index (χ0) is 23.0. The molecule has 0 radical (unpaired) electrons. The fourth-order valence-electron chi connectivity index (χ4n) is 3.73. The van der Waals surface area contributed by atoms with Crippen LogP contribution in [-0.4, -0.2) is 54.0 Å². The molecule has 1 fully saturated rings. The van der Waals surface area contributed by atoms with E-state index >= 15 is 0 Å². The van der Waals surface area contributed by atoms with E-state index in [1.807, 2.05) is 68.0 Å². The second kappa shape index (κ2) is 12.6. The van der Waals surface area contributed by atoms with Gasteiger partial charge in [-0.3, -0.25) is 4.68 Å². The molecule has 0 spiro atoms. The van der Waals surface area contributed by atoms with Crippen LogP contribution in [0.25, 0.3) is 0 Å². The number of methoxy groups -OCH3 is 1. The van der Waals surface area contributed by atoms with Crippen LogP contribution in [0.3, 0.4) is 0 Å². The predicted octanol–water partition coefficient (Wildman–Crippen LogP) is 4.38. The molecule has 0 aliphatic carbocycles. The molecule has 3 aromatic rings. The first-order valence-electron chi connectivity index (χ1n) is 11.2. The smallest absolute Gasteiger partial charge is 0.194 e. The number of aliphatic imine (C=N–C) groups is 1. The fourth-order valence-corrected chi connectivity index (χ4v) is 3.73. The molecule has 1 aromatic heterocycles. The molecule has 9 heteroatoms. The van der Waals surface area contributed by atoms with Crippen molar-refractivity contribution in [3.8, 4) is 17.2 Å². The zero-order valence-corrected chi connectivity index (χ0v) is 22.1. The lowest BCUT2D eigenvalue weighted by atomic mass is 10.1. The minimum atomic E-state index is -0.0114. The Balaban J connectivity index is 0.00000324. The Kier molecular flexibility index (Phi) is 9.58. The number of benzene rings is 2. The molecule has 0 saturated carbocycles. The van der Waals surface area contributed by atoms with Crippen LogP contribution in [0.15, 0.2) is 65.9 Å². The number of para-hydroxylation sites is 2. The topological polar surface area (TPSA) is 73.1 Å². The van der Waals surface area contributed by atoms with Crippen molar-refractivity contribution in [2.75, 3.05) is 33.4 Å². The normalized spacial score (nSPS) is 16.0. The Hall–Kier alpha value is -2.79. The number of hydrogen-bond donors (Lipinski definition) is 1. The first-order chi connectivity index (χ1) is 16.2. The van der Waals surface area contributed by atoms with Gasteiger partial charge < -0.3 is 24.4 Å². The number of aryl methyl sites for hydroxylation is 1. The van der Waals surface area contributed by atoms with Crippen molar-refractivity contribution in [1.29, 1.82) is 0 Å². The summed E-state index contributed by atoms with van der Waals surface area (Å²) in [6.45, 7) is 5.65. The van der Waals surface area contributed by atoms with Gasteiger partial charge in [0.15, 0.2) is 17.5 Å². The molecular weight excluding hydrogens is 545 g/mol. The molecule has 182 valence electrons. The van der Waals surface area contributed by atoms with Gasteiger partial charge in [0.2, 0.25) is 0 Å². The van der Waals surface area contributed by atoms with Crippen molar-refractivity contribution in [2.45, 2.75) is 19.6 Å². The molecule has 1 unspecified atom stereocenters. The summed E-state index contributed by atoms with van der Waals surface area (Å²) in [5.41, 5.74) is 2.19. The molecule has 1 atom stereocenters. The maximum atomic E-state index is 5.98. The van der Waals surface area contributed by atoms with E-state index in [2.05, 4.69) is 22.2 Å². The van der Waals surface area contributed by atoms with Gasteiger partial charge in [-0.25, -0.2) is 4.99 Å². The highest BCUT2D eigenvalue weighted by atomic mass is 127. The average Bonchev–Trinajstić information content (AvgIpc) is 3.29. The van der Waals surface area contributed by atoms with Gasteiger partial charge in [0.1, 0.15) is 11.9 Å². The Morgan fingerprint density at radius 2 is 1.94 bits per heavy atom. The standard InChI is InChI=1S/C25H31N5O3.HI/c1-4-26-25(30-13-14-32-24(18-30)20-16-28-29(2)17-20)27-15-19-9-11-21(12-10-19)33-23-8-6-5-7-22(23)31-3;/h5-12,16-17,24H,4,13-15,18H2,1-3H3,(H,26,27);1H.